The lowest BCUT2D eigenvalue weighted by Gasteiger charge is -2.10. The smallest absolute Gasteiger partial charge is 0.325 e. The van der Waals surface area contributed by atoms with Crippen molar-refractivity contribution in [3.05, 3.63) is 28.8 Å². The first-order chi connectivity index (χ1) is 8.62. The summed E-state index contributed by atoms with van der Waals surface area (Å²) in [5.74, 6) is -1.87. The number of carbonyl (C=O) groups excluding carboxylic acids is 1. The van der Waals surface area contributed by atoms with Crippen LogP contribution in [-0.2, 0) is 14.6 Å². The molecule has 1 amide bonds. The van der Waals surface area contributed by atoms with Gasteiger partial charge >= 0.3 is 5.97 Å². The molecule has 1 aromatic carbocycles. The average Bonchev–Trinajstić information content (AvgIpc) is 2.27. The van der Waals surface area contributed by atoms with Crippen LogP contribution in [0.5, 0.6) is 0 Å². The molecule has 8 heteroatoms. The maximum Gasteiger partial charge on any atom is 0.325 e. The van der Waals surface area contributed by atoms with Crippen molar-refractivity contribution in [2.24, 2.45) is 0 Å². The third kappa shape index (κ3) is 3.93. The number of sulfone groups is 1. The van der Waals surface area contributed by atoms with E-state index in [1.54, 1.807) is 0 Å². The summed E-state index contributed by atoms with van der Waals surface area (Å²) in [7, 11) is -3.56. The van der Waals surface area contributed by atoms with Crippen LogP contribution in [0.3, 0.4) is 0 Å². The fourth-order valence-electron chi connectivity index (χ4n) is 1.27. The maximum atomic E-state index is 11.7. The van der Waals surface area contributed by atoms with Crippen molar-refractivity contribution in [1.82, 2.24) is 5.32 Å². The number of carbonyl (C=O) groups is 2. The number of halogens is 1. The van der Waals surface area contributed by atoms with Crippen LogP contribution in [0.1, 0.15) is 17.3 Å². The number of aliphatic carboxylic acids is 1. The highest BCUT2D eigenvalue weighted by Crippen LogP contribution is 2.22. The van der Waals surface area contributed by atoms with Gasteiger partial charge in [-0.25, -0.2) is 8.42 Å². The molecule has 0 radical (unpaired) electrons. The number of carboxylic acid groups (broad SMARTS) is 1. The van der Waals surface area contributed by atoms with Crippen molar-refractivity contribution in [1.29, 1.82) is 0 Å². The van der Waals surface area contributed by atoms with Crippen molar-refractivity contribution in [2.45, 2.75) is 17.9 Å². The topological polar surface area (TPSA) is 101 Å². The molecule has 0 aliphatic heterocycles. The minimum atomic E-state index is -3.56. The fourth-order valence-corrected chi connectivity index (χ4v) is 2.57. The number of nitrogens with one attached hydrogen (secondary N) is 1. The SMILES string of the molecule is C[C@H](NC(=O)c1ccc(Cl)c(S(C)(=O)=O)c1)C(=O)O. The molecule has 0 saturated heterocycles. The molecular formula is C11H12ClNO5S. The molecule has 0 aliphatic rings. The van der Waals surface area contributed by atoms with Crippen molar-refractivity contribution >= 4 is 33.3 Å². The molecule has 1 aromatic rings. The Hall–Kier alpha value is -1.60. The first kappa shape index (κ1) is 15.5. The molecule has 6 nitrogen and oxygen atoms in total. The summed E-state index contributed by atoms with van der Waals surface area (Å²) in [6.45, 7) is 1.30. The zero-order valence-corrected chi connectivity index (χ0v) is 11.7. The van der Waals surface area contributed by atoms with Gasteiger partial charge in [-0.1, -0.05) is 11.6 Å². The molecule has 1 rings (SSSR count). The van der Waals surface area contributed by atoms with Crippen molar-refractivity contribution in [3.8, 4) is 0 Å². The number of rotatable bonds is 4. The van der Waals surface area contributed by atoms with Gasteiger partial charge in [0.2, 0.25) is 0 Å². The van der Waals surface area contributed by atoms with E-state index in [1.165, 1.54) is 19.1 Å². The van der Waals surface area contributed by atoms with E-state index in [4.69, 9.17) is 16.7 Å². The lowest BCUT2D eigenvalue weighted by molar-refractivity contribution is -0.138. The number of benzene rings is 1. The van der Waals surface area contributed by atoms with Gasteiger partial charge in [0.1, 0.15) is 6.04 Å². The van der Waals surface area contributed by atoms with E-state index in [1.807, 2.05) is 0 Å². The van der Waals surface area contributed by atoms with Gasteiger partial charge in [-0.05, 0) is 25.1 Å². The Morgan fingerprint density at radius 2 is 1.95 bits per heavy atom. The van der Waals surface area contributed by atoms with Gasteiger partial charge in [-0.2, -0.15) is 0 Å². The van der Waals surface area contributed by atoms with Gasteiger partial charge in [0.25, 0.3) is 5.91 Å². The molecule has 2 N–H and O–H groups in total. The third-order valence-electron chi connectivity index (χ3n) is 2.31. The summed E-state index contributed by atoms with van der Waals surface area (Å²) in [6.07, 6.45) is 0.968. The molecule has 0 aromatic heterocycles. The molecule has 19 heavy (non-hydrogen) atoms. The second-order valence-electron chi connectivity index (χ2n) is 3.95. The average molecular weight is 306 g/mol. The molecule has 0 fully saturated rings. The monoisotopic (exact) mass is 305 g/mol. The van der Waals surface area contributed by atoms with Gasteiger partial charge in [-0.15, -0.1) is 0 Å². The summed E-state index contributed by atoms with van der Waals surface area (Å²) < 4.78 is 22.9. The molecule has 0 bridgehead atoms. The van der Waals surface area contributed by atoms with Gasteiger partial charge in [-0.3, -0.25) is 9.59 Å². The molecule has 0 aliphatic carbocycles. The molecule has 104 valence electrons. The predicted octanol–water partition coefficient (Wildman–Crippen LogP) is 0.946. The summed E-state index contributed by atoms with van der Waals surface area (Å²) in [6, 6.07) is 2.63. The first-order valence-electron chi connectivity index (χ1n) is 5.16. The number of hydrogen-bond acceptors (Lipinski definition) is 4. The quantitative estimate of drug-likeness (QED) is 0.862. The lowest BCUT2D eigenvalue weighted by Crippen LogP contribution is -2.38. The standard InChI is InChI=1S/C11H12ClNO5S/c1-6(11(15)16)13-10(14)7-3-4-8(12)9(5-7)19(2,17)18/h3-6H,1-2H3,(H,13,14)(H,15,16)/t6-/m0/s1. The van der Waals surface area contributed by atoms with Crippen LogP contribution < -0.4 is 5.32 Å². The molecule has 0 saturated carbocycles. The van der Waals surface area contributed by atoms with E-state index in [2.05, 4.69) is 5.32 Å². The van der Waals surface area contributed by atoms with Crippen molar-refractivity contribution < 1.29 is 23.1 Å². The normalized spacial score (nSPS) is 12.8. The Morgan fingerprint density at radius 3 is 2.42 bits per heavy atom. The second kappa shape index (κ2) is 5.58. The van der Waals surface area contributed by atoms with Gasteiger partial charge < -0.3 is 10.4 Å². The van der Waals surface area contributed by atoms with E-state index in [9.17, 15) is 18.0 Å². The van der Waals surface area contributed by atoms with Crippen molar-refractivity contribution in [2.75, 3.05) is 6.26 Å². The van der Waals surface area contributed by atoms with Crippen LogP contribution in [0, 0.1) is 0 Å². The Kier molecular flexibility index (Phi) is 4.54. The lowest BCUT2D eigenvalue weighted by atomic mass is 10.2. The molecule has 1 atom stereocenters. The minimum Gasteiger partial charge on any atom is -0.480 e. The van der Waals surface area contributed by atoms with E-state index < -0.39 is 27.8 Å². The summed E-state index contributed by atoms with van der Waals surface area (Å²) in [4.78, 5) is 22.2. The van der Waals surface area contributed by atoms with E-state index in [0.717, 1.165) is 12.3 Å². The van der Waals surface area contributed by atoms with Crippen LogP contribution in [-0.4, -0.2) is 37.7 Å². The zero-order valence-electron chi connectivity index (χ0n) is 10.2. The van der Waals surface area contributed by atoms with E-state index >= 15 is 0 Å². The maximum absolute atomic E-state index is 11.7. The molecule has 0 heterocycles. The third-order valence-corrected chi connectivity index (χ3v) is 3.89. The Bertz CT molecular complexity index is 626. The Morgan fingerprint density at radius 1 is 1.37 bits per heavy atom. The highest BCUT2D eigenvalue weighted by Gasteiger charge is 2.18. The van der Waals surface area contributed by atoms with Gasteiger partial charge in [0.05, 0.1) is 9.92 Å². The largest absolute Gasteiger partial charge is 0.480 e. The zero-order chi connectivity index (χ0) is 14.8. The first-order valence-corrected chi connectivity index (χ1v) is 7.43. The van der Waals surface area contributed by atoms with Crippen LogP contribution in [0.2, 0.25) is 5.02 Å². The Labute approximate surface area is 115 Å². The summed E-state index contributed by atoms with van der Waals surface area (Å²) in [5, 5.41) is 10.9. The summed E-state index contributed by atoms with van der Waals surface area (Å²) >= 11 is 5.74. The van der Waals surface area contributed by atoms with Crippen LogP contribution in [0.25, 0.3) is 0 Å². The predicted molar refractivity (Wildman–Crippen MR) is 69.1 cm³/mol. The van der Waals surface area contributed by atoms with E-state index in [0.29, 0.717) is 0 Å². The highest BCUT2D eigenvalue weighted by molar-refractivity contribution is 7.90. The second-order valence-corrected chi connectivity index (χ2v) is 6.34. The van der Waals surface area contributed by atoms with Gasteiger partial charge in [0.15, 0.2) is 9.84 Å². The molecule has 0 spiro atoms. The number of amides is 1. The summed E-state index contributed by atoms with van der Waals surface area (Å²) in [5.41, 5.74) is 0.0259. The highest BCUT2D eigenvalue weighted by atomic mass is 35.5. The van der Waals surface area contributed by atoms with Crippen LogP contribution >= 0.6 is 11.6 Å². The van der Waals surface area contributed by atoms with Crippen LogP contribution in [0.15, 0.2) is 23.1 Å². The Balaban J connectivity index is 3.10. The number of carboxylic acids is 1. The molecule has 0 unspecified atom stereocenters. The van der Waals surface area contributed by atoms with E-state index in [-0.39, 0.29) is 15.5 Å². The molecular weight excluding hydrogens is 294 g/mol. The minimum absolute atomic E-state index is 0.00494. The fraction of sp³-hybridized carbons (Fsp3) is 0.273. The number of hydrogen-bond donors (Lipinski definition) is 2. The van der Waals surface area contributed by atoms with Gasteiger partial charge in [0, 0.05) is 11.8 Å². The van der Waals surface area contributed by atoms with Crippen molar-refractivity contribution in [3.63, 3.8) is 0 Å². The van der Waals surface area contributed by atoms with Crippen LogP contribution in [0.4, 0.5) is 0 Å².